The minimum Gasteiger partial charge on any atom is -0.357 e. The predicted molar refractivity (Wildman–Crippen MR) is 108 cm³/mol. The minimum atomic E-state index is 0. The van der Waals surface area contributed by atoms with Crippen LogP contribution >= 0.6 is 35.6 Å². The molecule has 0 fully saturated rings. The molecule has 0 radical (unpaired) electrons. The molecule has 23 heavy (non-hydrogen) atoms. The number of nitrogens with one attached hydrogen (secondary N) is 3. The zero-order valence-corrected chi connectivity index (χ0v) is 16.9. The van der Waals surface area contributed by atoms with E-state index in [9.17, 15) is 4.79 Å². The second-order valence-corrected chi connectivity index (χ2v) is 5.63. The normalized spacial score (nSPS) is 10.9. The molecule has 7 heteroatoms. The van der Waals surface area contributed by atoms with Crippen LogP contribution in [-0.4, -0.2) is 31.5 Å². The van der Waals surface area contributed by atoms with Crippen LogP contribution in [0, 0.1) is 5.92 Å². The van der Waals surface area contributed by atoms with Crippen LogP contribution in [0.5, 0.6) is 0 Å². The maximum atomic E-state index is 11.5. The topological polar surface area (TPSA) is 65.5 Å². The molecule has 0 aliphatic heterocycles. The van der Waals surface area contributed by atoms with Crippen molar-refractivity contribution in [1.29, 1.82) is 0 Å². The lowest BCUT2D eigenvalue weighted by molar-refractivity contribution is -0.123. The highest BCUT2D eigenvalue weighted by Gasteiger charge is 2.05. The molecular formula is C16H26ClIN4O. The lowest BCUT2D eigenvalue weighted by Crippen LogP contribution is -2.42. The highest BCUT2D eigenvalue weighted by atomic mass is 127. The molecule has 0 bridgehead atoms. The summed E-state index contributed by atoms with van der Waals surface area (Å²) >= 11 is 5.96. The summed E-state index contributed by atoms with van der Waals surface area (Å²) in [7, 11) is 0. The molecule has 1 rings (SSSR count). The van der Waals surface area contributed by atoms with E-state index in [1.807, 2.05) is 45.0 Å². The third-order valence-electron chi connectivity index (χ3n) is 2.89. The second-order valence-electron chi connectivity index (χ2n) is 5.20. The third kappa shape index (κ3) is 9.65. The molecular weight excluding hydrogens is 427 g/mol. The number of aliphatic imine (C=N–C) groups is 1. The van der Waals surface area contributed by atoms with E-state index in [1.54, 1.807) is 0 Å². The fourth-order valence-corrected chi connectivity index (χ4v) is 1.93. The van der Waals surface area contributed by atoms with Crippen LogP contribution in [0.15, 0.2) is 29.3 Å². The van der Waals surface area contributed by atoms with Crippen LogP contribution in [0.4, 0.5) is 0 Å². The van der Waals surface area contributed by atoms with Gasteiger partial charge in [0.15, 0.2) is 5.96 Å². The van der Waals surface area contributed by atoms with Crippen molar-refractivity contribution in [3.63, 3.8) is 0 Å². The van der Waals surface area contributed by atoms with E-state index in [0.717, 1.165) is 18.1 Å². The van der Waals surface area contributed by atoms with Gasteiger partial charge in [-0.25, -0.2) is 4.99 Å². The highest BCUT2D eigenvalue weighted by Crippen LogP contribution is 2.11. The van der Waals surface area contributed by atoms with Crippen LogP contribution in [-0.2, 0) is 11.3 Å². The summed E-state index contributed by atoms with van der Waals surface area (Å²) in [6, 6.07) is 7.64. The van der Waals surface area contributed by atoms with Crippen molar-refractivity contribution >= 4 is 47.4 Å². The number of amides is 1. The molecule has 130 valence electrons. The minimum absolute atomic E-state index is 0. The van der Waals surface area contributed by atoms with Gasteiger partial charge in [0.25, 0.3) is 0 Å². The summed E-state index contributed by atoms with van der Waals surface area (Å²) < 4.78 is 0. The number of carbonyl (C=O) groups excluding carboxylic acids is 1. The quantitative estimate of drug-likeness (QED) is 0.258. The van der Waals surface area contributed by atoms with Crippen molar-refractivity contribution < 1.29 is 4.79 Å². The van der Waals surface area contributed by atoms with E-state index in [-0.39, 0.29) is 35.8 Å². The van der Waals surface area contributed by atoms with Gasteiger partial charge in [0.05, 0.1) is 6.54 Å². The number of hydrogen-bond acceptors (Lipinski definition) is 2. The number of rotatable bonds is 7. The van der Waals surface area contributed by atoms with Gasteiger partial charge >= 0.3 is 0 Å². The SMILES string of the molecule is CCNC(=NCc1cccc(Cl)c1)NCCNC(=O)C(C)C.I. The van der Waals surface area contributed by atoms with Gasteiger partial charge < -0.3 is 16.0 Å². The van der Waals surface area contributed by atoms with Crippen LogP contribution < -0.4 is 16.0 Å². The largest absolute Gasteiger partial charge is 0.357 e. The number of guanidine groups is 1. The first kappa shape index (κ1) is 22.0. The van der Waals surface area contributed by atoms with Crippen molar-refractivity contribution in [2.24, 2.45) is 10.9 Å². The molecule has 1 aromatic rings. The van der Waals surface area contributed by atoms with Gasteiger partial charge in [-0.1, -0.05) is 37.6 Å². The lowest BCUT2D eigenvalue weighted by Gasteiger charge is -2.12. The third-order valence-corrected chi connectivity index (χ3v) is 3.13. The summed E-state index contributed by atoms with van der Waals surface area (Å²) in [5.74, 6) is 0.786. The fourth-order valence-electron chi connectivity index (χ4n) is 1.72. The zero-order chi connectivity index (χ0) is 16.4. The molecule has 0 spiro atoms. The van der Waals surface area contributed by atoms with Gasteiger partial charge in [-0.15, -0.1) is 24.0 Å². The summed E-state index contributed by atoms with van der Waals surface area (Å²) in [6.07, 6.45) is 0. The van der Waals surface area contributed by atoms with Crippen LogP contribution in [0.1, 0.15) is 26.3 Å². The van der Waals surface area contributed by atoms with E-state index in [2.05, 4.69) is 20.9 Å². The van der Waals surface area contributed by atoms with Crippen molar-refractivity contribution in [2.75, 3.05) is 19.6 Å². The van der Waals surface area contributed by atoms with E-state index < -0.39 is 0 Å². The summed E-state index contributed by atoms with van der Waals surface area (Å²) in [5.41, 5.74) is 1.05. The van der Waals surface area contributed by atoms with Crippen molar-refractivity contribution in [3.05, 3.63) is 34.9 Å². The van der Waals surface area contributed by atoms with Crippen LogP contribution in [0.2, 0.25) is 5.02 Å². The second kappa shape index (κ2) is 12.4. The van der Waals surface area contributed by atoms with E-state index in [1.165, 1.54) is 0 Å². The van der Waals surface area contributed by atoms with Gasteiger partial charge in [0.1, 0.15) is 0 Å². The number of carbonyl (C=O) groups is 1. The molecule has 0 aliphatic carbocycles. The number of nitrogens with zero attached hydrogens (tertiary/aromatic N) is 1. The molecule has 0 saturated carbocycles. The fraction of sp³-hybridized carbons (Fsp3) is 0.500. The predicted octanol–water partition coefficient (Wildman–Crippen LogP) is 2.79. The number of hydrogen-bond donors (Lipinski definition) is 3. The molecule has 3 N–H and O–H groups in total. The Bertz CT molecular complexity index is 509. The molecule has 5 nitrogen and oxygen atoms in total. The average Bonchev–Trinajstić information content (AvgIpc) is 2.48. The smallest absolute Gasteiger partial charge is 0.222 e. The van der Waals surface area contributed by atoms with E-state index in [4.69, 9.17) is 11.6 Å². The Morgan fingerprint density at radius 3 is 2.52 bits per heavy atom. The molecule has 0 saturated heterocycles. The lowest BCUT2D eigenvalue weighted by atomic mass is 10.2. The first-order valence-electron chi connectivity index (χ1n) is 7.57. The monoisotopic (exact) mass is 452 g/mol. The highest BCUT2D eigenvalue weighted by molar-refractivity contribution is 14.0. The Morgan fingerprint density at radius 2 is 1.91 bits per heavy atom. The number of halogens is 2. The summed E-state index contributed by atoms with van der Waals surface area (Å²) in [4.78, 5) is 16.0. The Hall–Kier alpha value is -1.02. The molecule has 0 aromatic heterocycles. The maximum Gasteiger partial charge on any atom is 0.222 e. The average molecular weight is 453 g/mol. The van der Waals surface area contributed by atoms with Crippen molar-refractivity contribution in [2.45, 2.75) is 27.3 Å². The van der Waals surface area contributed by atoms with E-state index in [0.29, 0.717) is 24.7 Å². The summed E-state index contributed by atoms with van der Waals surface area (Å²) in [6.45, 7) is 8.28. The van der Waals surface area contributed by atoms with E-state index >= 15 is 0 Å². The Balaban J connectivity index is 0.00000484. The van der Waals surface area contributed by atoms with Crippen LogP contribution in [0.25, 0.3) is 0 Å². The molecule has 1 aromatic carbocycles. The first-order chi connectivity index (χ1) is 10.5. The zero-order valence-electron chi connectivity index (χ0n) is 13.9. The van der Waals surface area contributed by atoms with Gasteiger partial charge in [0.2, 0.25) is 5.91 Å². The van der Waals surface area contributed by atoms with Crippen LogP contribution in [0.3, 0.4) is 0 Å². The molecule has 0 aliphatic rings. The van der Waals surface area contributed by atoms with Crippen molar-refractivity contribution in [1.82, 2.24) is 16.0 Å². The van der Waals surface area contributed by atoms with Crippen molar-refractivity contribution in [3.8, 4) is 0 Å². The first-order valence-corrected chi connectivity index (χ1v) is 7.95. The molecule has 0 unspecified atom stereocenters. The summed E-state index contributed by atoms with van der Waals surface area (Å²) in [5, 5.41) is 9.93. The maximum absolute atomic E-state index is 11.5. The van der Waals surface area contributed by atoms with Gasteiger partial charge in [-0.3, -0.25) is 4.79 Å². The molecule has 0 heterocycles. The number of benzene rings is 1. The Kier molecular flexibility index (Phi) is 11.9. The van der Waals surface area contributed by atoms with Gasteiger partial charge in [-0.2, -0.15) is 0 Å². The standard InChI is InChI=1S/C16H25ClN4O.HI/c1-4-18-16(20-9-8-19-15(22)12(2)3)21-11-13-6-5-7-14(17)10-13;/h5-7,10,12H,4,8-9,11H2,1-3H3,(H,19,22)(H2,18,20,21);1H. The van der Waals surface area contributed by atoms with Gasteiger partial charge in [0, 0.05) is 30.6 Å². The molecule has 1 amide bonds. The van der Waals surface area contributed by atoms with Gasteiger partial charge in [-0.05, 0) is 24.6 Å². The molecule has 0 atom stereocenters. The Morgan fingerprint density at radius 1 is 1.22 bits per heavy atom. The Labute approximate surface area is 160 Å².